The number of carboxylic acids is 1. The van der Waals surface area contributed by atoms with Crippen LogP contribution in [0.25, 0.3) is 0 Å². The third kappa shape index (κ3) is 4.81. The molecule has 0 saturated carbocycles. The van der Waals surface area contributed by atoms with E-state index in [0.717, 1.165) is 0 Å². The summed E-state index contributed by atoms with van der Waals surface area (Å²) in [4.78, 5) is 20.6. The lowest BCUT2D eigenvalue weighted by Crippen LogP contribution is -2.18. The number of aromatic carboxylic acids is 1. The number of nitrogens with zero attached hydrogens (tertiary/aromatic N) is 1. The predicted molar refractivity (Wildman–Crippen MR) is 77.4 cm³/mol. The highest BCUT2D eigenvalue weighted by Crippen LogP contribution is 2.26. The molecule has 0 heterocycles. The fourth-order valence-electron chi connectivity index (χ4n) is 1.55. The van der Waals surface area contributed by atoms with Crippen molar-refractivity contribution in [2.24, 2.45) is 0 Å². The van der Waals surface area contributed by atoms with Gasteiger partial charge in [-0.15, -0.1) is 11.6 Å². The molecule has 0 aliphatic heterocycles. The highest BCUT2D eigenvalue weighted by atomic mass is 35.5. The molecule has 0 amide bonds. The summed E-state index contributed by atoms with van der Waals surface area (Å²) in [5.41, 5.74) is -2.51. The van der Waals surface area contributed by atoms with Crippen LogP contribution in [-0.4, -0.2) is 36.0 Å². The topological polar surface area (TPSA) is 127 Å². The fourth-order valence-corrected chi connectivity index (χ4v) is 2.91. The molecule has 1 aromatic carbocycles. The molecule has 22 heavy (non-hydrogen) atoms. The number of carboxylic acid groups (broad SMARTS) is 1. The van der Waals surface area contributed by atoms with E-state index in [-0.39, 0.29) is 18.1 Å². The number of sulfonamides is 1. The standard InChI is InChI=1S/C11H12ClFN2O6S/c12-3-1-2-4-22(20,21)14-9-6-7(15(18)19)5-8(10(9)13)11(16)17/h5-6,14H,1-4H2,(H,16,17). The second-order valence-corrected chi connectivity index (χ2v) is 6.45. The van der Waals surface area contributed by atoms with Crippen molar-refractivity contribution in [2.45, 2.75) is 12.8 Å². The van der Waals surface area contributed by atoms with Crippen molar-refractivity contribution < 1.29 is 27.6 Å². The molecule has 0 unspecified atom stereocenters. The summed E-state index contributed by atoms with van der Waals surface area (Å²) in [5, 5.41) is 19.5. The van der Waals surface area contributed by atoms with Crippen LogP contribution in [0.1, 0.15) is 23.2 Å². The van der Waals surface area contributed by atoms with Crippen molar-refractivity contribution in [3.63, 3.8) is 0 Å². The number of halogens is 2. The van der Waals surface area contributed by atoms with Gasteiger partial charge in [-0.1, -0.05) is 0 Å². The highest BCUT2D eigenvalue weighted by molar-refractivity contribution is 7.92. The minimum Gasteiger partial charge on any atom is -0.478 e. The summed E-state index contributed by atoms with van der Waals surface area (Å²) < 4.78 is 39.3. The van der Waals surface area contributed by atoms with Gasteiger partial charge in [0.1, 0.15) is 5.56 Å². The first-order valence-corrected chi connectivity index (χ1v) is 8.14. The molecule has 0 saturated heterocycles. The van der Waals surface area contributed by atoms with Gasteiger partial charge in [0.15, 0.2) is 5.82 Å². The first-order chi connectivity index (χ1) is 10.2. The van der Waals surface area contributed by atoms with Crippen molar-refractivity contribution in [3.8, 4) is 0 Å². The largest absolute Gasteiger partial charge is 0.478 e. The van der Waals surface area contributed by atoms with E-state index in [2.05, 4.69) is 0 Å². The zero-order valence-corrected chi connectivity index (χ0v) is 12.7. The molecule has 0 radical (unpaired) electrons. The number of benzene rings is 1. The number of hydrogen-bond acceptors (Lipinski definition) is 5. The van der Waals surface area contributed by atoms with Crippen LogP contribution >= 0.6 is 11.6 Å². The van der Waals surface area contributed by atoms with E-state index in [1.165, 1.54) is 0 Å². The van der Waals surface area contributed by atoms with Crippen LogP contribution in [0.4, 0.5) is 15.8 Å². The SMILES string of the molecule is O=C(O)c1cc([N+](=O)[O-])cc(NS(=O)(=O)CCCCCl)c1F. The average Bonchev–Trinajstić information content (AvgIpc) is 2.40. The lowest BCUT2D eigenvalue weighted by Gasteiger charge is -2.10. The van der Waals surface area contributed by atoms with Crippen molar-refractivity contribution in [3.05, 3.63) is 33.6 Å². The van der Waals surface area contributed by atoms with E-state index in [1.807, 2.05) is 4.72 Å². The van der Waals surface area contributed by atoms with Gasteiger partial charge in [0, 0.05) is 18.0 Å². The van der Waals surface area contributed by atoms with Crippen LogP contribution in [0.3, 0.4) is 0 Å². The summed E-state index contributed by atoms with van der Waals surface area (Å²) in [6, 6.07) is 1.14. The molecule has 122 valence electrons. The number of anilines is 1. The molecule has 0 aliphatic rings. The molecule has 2 N–H and O–H groups in total. The summed E-state index contributed by atoms with van der Waals surface area (Å²) >= 11 is 5.41. The van der Waals surface area contributed by atoms with Crippen LogP contribution in [0, 0.1) is 15.9 Å². The van der Waals surface area contributed by atoms with Gasteiger partial charge in [-0.25, -0.2) is 17.6 Å². The number of nitro groups is 1. The van der Waals surface area contributed by atoms with Crippen molar-refractivity contribution in [1.29, 1.82) is 0 Å². The predicted octanol–water partition coefficient (Wildman–Crippen LogP) is 2.19. The molecular formula is C11H12ClFN2O6S. The summed E-state index contributed by atoms with van der Waals surface area (Å²) in [5.74, 6) is -3.25. The minimum absolute atomic E-state index is 0.209. The Bertz CT molecular complexity index is 694. The maximum atomic E-state index is 13.9. The number of hydrogen-bond donors (Lipinski definition) is 2. The quantitative estimate of drug-likeness (QED) is 0.319. The number of rotatable bonds is 8. The number of nitro benzene ring substituents is 1. The second-order valence-electron chi connectivity index (χ2n) is 4.23. The second kappa shape index (κ2) is 7.36. The van der Waals surface area contributed by atoms with Gasteiger partial charge >= 0.3 is 5.97 Å². The Balaban J connectivity index is 3.18. The average molecular weight is 355 g/mol. The normalized spacial score (nSPS) is 11.2. The molecule has 8 nitrogen and oxygen atoms in total. The van der Waals surface area contributed by atoms with E-state index in [9.17, 15) is 27.7 Å². The number of unbranched alkanes of at least 4 members (excludes halogenated alkanes) is 1. The first-order valence-electron chi connectivity index (χ1n) is 5.95. The first kappa shape index (κ1) is 18.1. The van der Waals surface area contributed by atoms with Gasteiger partial charge in [0.2, 0.25) is 10.0 Å². The maximum absolute atomic E-state index is 13.9. The molecule has 0 fully saturated rings. The van der Waals surface area contributed by atoms with Crippen LogP contribution < -0.4 is 4.72 Å². The Morgan fingerprint density at radius 1 is 1.41 bits per heavy atom. The van der Waals surface area contributed by atoms with Gasteiger partial charge in [-0.2, -0.15) is 0 Å². The monoisotopic (exact) mass is 354 g/mol. The molecular weight excluding hydrogens is 343 g/mol. The Labute approximate surface area is 130 Å². The molecule has 0 aliphatic carbocycles. The van der Waals surface area contributed by atoms with Gasteiger partial charge in [-0.05, 0) is 12.8 Å². The smallest absolute Gasteiger partial charge is 0.339 e. The molecule has 11 heteroatoms. The molecule has 0 spiro atoms. The summed E-state index contributed by atoms with van der Waals surface area (Å²) in [6.45, 7) is 0. The lowest BCUT2D eigenvalue weighted by atomic mass is 10.1. The van der Waals surface area contributed by atoms with E-state index >= 15 is 0 Å². The molecule has 0 aromatic heterocycles. The Kier molecular flexibility index (Phi) is 6.06. The molecule has 1 aromatic rings. The molecule has 0 atom stereocenters. The number of carbonyl (C=O) groups is 1. The van der Waals surface area contributed by atoms with Crippen LogP contribution in [0.2, 0.25) is 0 Å². The Hall–Kier alpha value is -1.94. The van der Waals surface area contributed by atoms with Crippen LogP contribution in [0.5, 0.6) is 0 Å². The fraction of sp³-hybridized carbons (Fsp3) is 0.364. The third-order valence-corrected chi connectivity index (χ3v) is 4.19. The van der Waals surface area contributed by atoms with Crippen molar-refractivity contribution >= 4 is 39.0 Å². The zero-order chi connectivity index (χ0) is 16.9. The number of nitrogens with one attached hydrogen (secondary N) is 1. The maximum Gasteiger partial charge on any atom is 0.339 e. The van der Waals surface area contributed by atoms with Gasteiger partial charge in [0.05, 0.1) is 16.4 Å². The summed E-state index contributed by atoms with van der Waals surface area (Å²) in [6.07, 6.45) is 0.626. The van der Waals surface area contributed by atoms with Crippen molar-refractivity contribution in [2.75, 3.05) is 16.4 Å². The minimum atomic E-state index is -3.98. The van der Waals surface area contributed by atoms with Gasteiger partial charge in [0.25, 0.3) is 5.69 Å². The van der Waals surface area contributed by atoms with Crippen molar-refractivity contribution in [1.82, 2.24) is 0 Å². The molecule has 1 rings (SSSR count). The van der Waals surface area contributed by atoms with E-state index < -0.39 is 43.7 Å². The number of alkyl halides is 1. The van der Waals surface area contributed by atoms with Crippen LogP contribution in [0.15, 0.2) is 12.1 Å². The Morgan fingerprint density at radius 3 is 2.55 bits per heavy atom. The third-order valence-electron chi connectivity index (χ3n) is 2.56. The van der Waals surface area contributed by atoms with E-state index in [0.29, 0.717) is 18.6 Å². The zero-order valence-electron chi connectivity index (χ0n) is 11.1. The summed E-state index contributed by atoms with van der Waals surface area (Å²) in [7, 11) is -3.98. The van der Waals surface area contributed by atoms with Gasteiger partial charge < -0.3 is 5.11 Å². The van der Waals surface area contributed by atoms with Gasteiger partial charge in [-0.3, -0.25) is 14.8 Å². The lowest BCUT2D eigenvalue weighted by molar-refractivity contribution is -0.384. The van der Waals surface area contributed by atoms with Crippen LogP contribution in [-0.2, 0) is 10.0 Å². The molecule has 0 bridgehead atoms. The Morgan fingerprint density at radius 2 is 2.05 bits per heavy atom. The number of non-ortho nitro benzene ring substituents is 1. The van der Waals surface area contributed by atoms with E-state index in [1.54, 1.807) is 0 Å². The highest BCUT2D eigenvalue weighted by Gasteiger charge is 2.23. The van der Waals surface area contributed by atoms with E-state index in [4.69, 9.17) is 16.7 Å².